The van der Waals surface area contributed by atoms with E-state index >= 15 is 0 Å². The summed E-state index contributed by atoms with van der Waals surface area (Å²) in [5.41, 5.74) is 2.85. The lowest BCUT2D eigenvalue weighted by Crippen LogP contribution is -2.30. The Labute approximate surface area is 204 Å². The summed E-state index contributed by atoms with van der Waals surface area (Å²) in [5.74, 6) is -0.400. The Morgan fingerprint density at radius 3 is 2.61 bits per heavy atom. The molecule has 0 unspecified atom stereocenters. The number of hydrogen-bond acceptors (Lipinski definition) is 7. The number of carbonyl (C=O) groups excluding carboxylic acids is 1. The Hall–Kier alpha value is -3.99. The number of nitrogens with zero attached hydrogens (tertiary/aromatic N) is 6. The lowest BCUT2D eigenvalue weighted by molar-refractivity contribution is -0.0505. The van der Waals surface area contributed by atoms with Crippen LogP contribution in [0.5, 0.6) is 5.75 Å². The number of carbonyl (C=O) groups is 1. The van der Waals surface area contributed by atoms with Crippen LogP contribution in [0.2, 0.25) is 0 Å². The van der Waals surface area contributed by atoms with Crippen molar-refractivity contribution < 1.29 is 23.4 Å². The van der Waals surface area contributed by atoms with Crippen LogP contribution in [-0.4, -0.2) is 54.1 Å². The maximum absolute atomic E-state index is 13.3. The van der Waals surface area contributed by atoms with Gasteiger partial charge in [0.05, 0.1) is 17.4 Å². The van der Waals surface area contributed by atoms with Crippen molar-refractivity contribution in [3.05, 3.63) is 71.1 Å². The third-order valence-electron chi connectivity index (χ3n) is 6.82. The number of halogens is 2. The summed E-state index contributed by atoms with van der Waals surface area (Å²) in [6.07, 6.45) is 5.43. The van der Waals surface area contributed by atoms with Crippen LogP contribution < -0.4 is 4.74 Å². The van der Waals surface area contributed by atoms with Crippen LogP contribution in [-0.2, 0) is 5.60 Å². The van der Waals surface area contributed by atoms with E-state index in [1.165, 1.54) is 6.07 Å². The van der Waals surface area contributed by atoms with Gasteiger partial charge in [0.2, 0.25) is 0 Å². The first-order valence-electron chi connectivity index (χ1n) is 11.4. The van der Waals surface area contributed by atoms with Gasteiger partial charge in [0, 0.05) is 53.8 Å². The predicted octanol–water partition coefficient (Wildman–Crippen LogP) is 3.68. The minimum absolute atomic E-state index is 0.0196. The average molecular weight is 492 g/mol. The molecule has 4 heterocycles. The van der Waals surface area contributed by atoms with E-state index < -0.39 is 18.1 Å². The first-order valence-corrected chi connectivity index (χ1v) is 11.4. The van der Waals surface area contributed by atoms with Gasteiger partial charge in [0.1, 0.15) is 11.4 Å². The molecular formula is C25H22F2N6O3. The van der Waals surface area contributed by atoms with Gasteiger partial charge in [-0.25, -0.2) is 19.5 Å². The van der Waals surface area contributed by atoms with E-state index in [0.717, 1.165) is 5.56 Å². The summed E-state index contributed by atoms with van der Waals surface area (Å²) in [7, 11) is 1.69. The van der Waals surface area contributed by atoms with Crippen molar-refractivity contribution in [2.45, 2.75) is 44.4 Å². The number of aromatic nitrogens is 5. The van der Waals surface area contributed by atoms with E-state index in [2.05, 4.69) is 9.97 Å². The molecule has 0 saturated carbocycles. The van der Waals surface area contributed by atoms with Crippen LogP contribution in [0.1, 0.15) is 65.2 Å². The molecule has 184 valence electrons. The first kappa shape index (κ1) is 22.5. The molecule has 1 aromatic carbocycles. The molecule has 9 nitrogen and oxygen atoms in total. The molecule has 0 radical (unpaired) electrons. The maximum atomic E-state index is 13.3. The Morgan fingerprint density at radius 1 is 1.17 bits per heavy atom. The Bertz CT molecular complexity index is 1510. The standard InChI is InChI=1S/C25H22F2N6O3/c1-25(2,35)23-28-10-12(11-29-23)15-7-8-33-21(30-15)19-14-9-16(20(19)31-33)32(3)22(34)13-5-4-6-17(18(13)14)36-24(26)27/h4-8,10-11,14,16,24,35H,9H2,1-3H3/t14-,16-/m1/s1. The van der Waals surface area contributed by atoms with Gasteiger partial charge >= 0.3 is 6.61 Å². The second-order valence-corrected chi connectivity index (χ2v) is 9.55. The van der Waals surface area contributed by atoms with Gasteiger partial charge in [-0.05, 0) is 38.5 Å². The number of fused-ring (bicyclic) bond motifs is 9. The highest BCUT2D eigenvalue weighted by atomic mass is 19.3. The number of benzene rings is 1. The molecular weight excluding hydrogens is 470 g/mol. The van der Waals surface area contributed by atoms with Crippen molar-refractivity contribution in [2.75, 3.05) is 7.05 Å². The van der Waals surface area contributed by atoms with Crippen molar-refractivity contribution in [1.29, 1.82) is 0 Å². The summed E-state index contributed by atoms with van der Waals surface area (Å²) in [5, 5.41) is 14.9. The van der Waals surface area contributed by atoms with Gasteiger partial charge in [-0.1, -0.05) is 6.07 Å². The summed E-state index contributed by atoms with van der Waals surface area (Å²) in [4.78, 5) is 28.2. The minimum Gasteiger partial charge on any atom is -0.434 e. The van der Waals surface area contributed by atoms with Crippen molar-refractivity contribution in [1.82, 2.24) is 29.5 Å². The van der Waals surface area contributed by atoms with Crippen LogP contribution in [0, 0.1) is 0 Å². The van der Waals surface area contributed by atoms with Crippen molar-refractivity contribution in [3.63, 3.8) is 0 Å². The van der Waals surface area contributed by atoms with Gasteiger partial charge in [-0.15, -0.1) is 0 Å². The van der Waals surface area contributed by atoms with E-state index in [4.69, 9.17) is 14.8 Å². The van der Waals surface area contributed by atoms with Gasteiger partial charge in [-0.2, -0.15) is 13.9 Å². The summed E-state index contributed by atoms with van der Waals surface area (Å²) < 4.78 is 33.0. The maximum Gasteiger partial charge on any atom is 0.387 e. The zero-order valence-corrected chi connectivity index (χ0v) is 19.7. The van der Waals surface area contributed by atoms with Crippen LogP contribution >= 0.6 is 0 Å². The number of aliphatic hydroxyl groups is 1. The van der Waals surface area contributed by atoms with Crippen LogP contribution in [0.15, 0.2) is 42.9 Å². The number of ether oxygens (including phenoxy) is 1. The van der Waals surface area contributed by atoms with Crippen molar-refractivity contribution in [2.24, 2.45) is 0 Å². The molecule has 0 spiro atoms. The fourth-order valence-electron chi connectivity index (χ4n) is 5.16. The highest BCUT2D eigenvalue weighted by molar-refractivity contribution is 5.98. The molecule has 2 bridgehead atoms. The number of alkyl halides is 2. The van der Waals surface area contributed by atoms with E-state index in [1.54, 1.807) is 67.1 Å². The van der Waals surface area contributed by atoms with E-state index in [0.29, 0.717) is 46.0 Å². The van der Waals surface area contributed by atoms with Crippen LogP contribution in [0.3, 0.4) is 0 Å². The number of amides is 1. The number of hydrogen-bond donors (Lipinski definition) is 1. The van der Waals surface area contributed by atoms with Crippen LogP contribution in [0.4, 0.5) is 8.78 Å². The molecule has 1 N–H and O–H groups in total. The average Bonchev–Trinajstić information content (AvgIpc) is 3.36. The molecule has 0 saturated heterocycles. The zero-order chi connectivity index (χ0) is 25.4. The second-order valence-electron chi connectivity index (χ2n) is 9.55. The SMILES string of the molecule is CN1C(=O)c2cccc(OC(F)F)c2[C@H]2C[C@@H]1c1nn3ccc(-c4cnc(C(C)(C)O)nc4)nc3c12. The fraction of sp³-hybridized carbons (Fsp3) is 0.320. The minimum atomic E-state index is -3.02. The van der Waals surface area contributed by atoms with E-state index in [9.17, 15) is 18.7 Å². The molecule has 2 atom stereocenters. The Morgan fingerprint density at radius 2 is 1.92 bits per heavy atom. The topological polar surface area (TPSA) is 106 Å². The molecule has 1 aliphatic carbocycles. The normalized spacial score (nSPS) is 19.0. The third kappa shape index (κ3) is 3.34. The Balaban J connectivity index is 1.52. The second kappa shape index (κ2) is 7.76. The largest absolute Gasteiger partial charge is 0.434 e. The molecule has 1 amide bonds. The van der Waals surface area contributed by atoms with Gasteiger partial charge in [0.25, 0.3) is 5.91 Å². The lowest BCUT2D eigenvalue weighted by atomic mass is 9.89. The number of rotatable bonds is 4. The predicted molar refractivity (Wildman–Crippen MR) is 124 cm³/mol. The molecule has 2 aliphatic rings. The molecule has 1 aliphatic heterocycles. The Kier molecular flexibility index (Phi) is 4.84. The van der Waals surface area contributed by atoms with Gasteiger partial charge < -0.3 is 14.7 Å². The first-order chi connectivity index (χ1) is 17.1. The lowest BCUT2D eigenvalue weighted by Gasteiger charge is -2.23. The molecule has 0 fully saturated rings. The molecule has 6 rings (SSSR count). The molecule has 11 heteroatoms. The van der Waals surface area contributed by atoms with Crippen molar-refractivity contribution >= 4 is 11.6 Å². The molecule has 3 aromatic heterocycles. The summed E-state index contributed by atoms with van der Waals surface area (Å²) in [6.45, 7) is 0.187. The van der Waals surface area contributed by atoms with E-state index in [-0.39, 0.29) is 17.7 Å². The van der Waals surface area contributed by atoms with Crippen LogP contribution in [0.25, 0.3) is 16.9 Å². The highest BCUT2D eigenvalue weighted by Crippen LogP contribution is 2.53. The summed E-state index contributed by atoms with van der Waals surface area (Å²) >= 11 is 0. The van der Waals surface area contributed by atoms with E-state index in [1.807, 2.05) is 0 Å². The highest BCUT2D eigenvalue weighted by Gasteiger charge is 2.46. The third-order valence-corrected chi connectivity index (χ3v) is 6.82. The van der Waals surface area contributed by atoms with Gasteiger partial charge in [-0.3, -0.25) is 4.79 Å². The summed E-state index contributed by atoms with van der Waals surface area (Å²) in [6, 6.07) is 6.09. The van der Waals surface area contributed by atoms with Gasteiger partial charge in [0.15, 0.2) is 11.5 Å². The fourth-order valence-corrected chi connectivity index (χ4v) is 5.16. The monoisotopic (exact) mass is 492 g/mol. The zero-order valence-electron chi connectivity index (χ0n) is 19.7. The molecule has 4 aromatic rings. The quantitative estimate of drug-likeness (QED) is 0.463. The smallest absolute Gasteiger partial charge is 0.387 e. The van der Waals surface area contributed by atoms with Crippen molar-refractivity contribution in [3.8, 4) is 17.0 Å². The molecule has 36 heavy (non-hydrogen) atoms.